The zero-order valence-corrected chi connectivity index (χ0v) is 8.49. The fourth-order valence-electron chi connectivity index (χ4n) is 1.54. The smallest absolute Gasteiger partial charge is 0.241 e. The third-order valence-electron chi connectivity index (χ3n) is 2.28. The van der Waals surface area contributed by atoms with Gasteiger partial charge < -0.3 is 0 Å². The van der Waals surface area contributed by atoms with Crippen molar-refractivity contribution in [3.8, 4) is 0 Å². The second-order valence-electron chi connectivity index (χ2n) is 3.31. The molecule has 0 fully saturated rings. The molecule has 1 N–H and O–H groups in total. The van der Waals surface area contributed by atoms with Crippen molar-refractivity contribution in [1.82, 2.24) is 10.2 Å². The predicted molar refractivity (Wildman–Crippen MR) is 62.1 cm³/mol. The number of para-hydroxylation sites is 1. The topological polar surface area (TPSA) is 35.8 Å². The van der Waals surface area contributed by atoms with Crippen LogP contribution in [-0.4, -0.2) is 11.0 Å². The van der Waals surface area contributed by atoms with E-state index in [1.807, 2.05) is 59.5 Å². The second kappa shape index (κ2) is 3.62. The highest BCUT2D eigenvalue weighted by Crippen LogP contribution is 2.14. The third-order valence-corrected chi connectivity index (χ3v) is 2.28. The van der Waals surface area contributed by atoms with E-state index < -0.39 is 0 Å². The number of hydrogen-bond acceptors (Lipinski definition) is 4. The number of nitrogens with zero attached hydrogens (tertiary/aromatic N) is 4. The van der Waals surface area contributed by atoms with E-state index in [-0.39, 0.29) is 0 Å². The Morgan fingerprint density at radius 1 is 1.00 bits per heavy atom. The maximum Gasteiger partial charge on any atom is 0.241 e. The summed E-state index contributed by atoms with van der Waals surface area (Å²) in [6.45, 7) is 0. The average molecular weight is 212 g/mol. The molecule has 16 heavy (non-hydrogen) atoms. The first-order chi connectivity index (χ1) is 7.95. The van der Waals surface area contributed by atoms with Crippen LogP contribution in [-0.2, 0) is 0 Å². The Hall–Kier alpha value is -2.43. The van der Waals surface area contributed by atoms with Crippen LogP contribution in [0.5, 0.6) is 0 Å². The van der Waals surface area contributed by atoms with Crippen LogP contribution in [0.4, 0.5) is 5.69 Å². The molecule has 2 heterocycles. The predicted octanol–water partition coefficient (Wildman–Crippen LogP) is 1.19. The van der Waals surface area contributed by atoms with Gasteiger partial charge in [-0.25, -0.2) is 4.68 Å². The summed E-state index contributed by atoms with van der Waals surface area (Å²) in [6.07, 6.45) is 6.69. The lowest BCUT2D eigenvalue weighted by atomic mass is 10.3. The van der Waals surface area contributed by atoms with Gasteiger partial charge in [-0.15, -0.1) is 10.2 Å². The van der Waals surface area contributed by atoms with Gasteiger partial charge in [0.15, 0.2) is 0 Å². The van der Waals surface area contributed by atoms with Crippen LogP contribution in [0.25, 0.3) is 0 Å². The highest BCUT2D eigenvalue weighted by Gasteiger charge is 2.19. The summed E-state index contributed by atoms with van der Waals surface area (Å²) in [5.74, 6) is 0. The van der Waals surface area contributed by atoms with Gasteiger partial charge in [0, 0.05) is 12.4 Å². The van der Waals surface area contributed by atoms with E-state index in [1.165, 1.54) is 0 Å². The Balaban J connectivity index is 1.92. The Kier molecular flexibility index (Phi) is 2.00. The summed E-state index contributed by atoms with van der Waals surface area (Å²) in [4.78, 5) is 0. The average Bonchev–Trinajstić information content (AvgIpc) is 3.01. The van der Waals surface area contributed by atoms with Gasteiger partial charge in [0.2, 0.25) is 6.34 Å². The molecule has 0 spiro atoms. The van der Waals surface area contributed by atoms with Crippen molar-refractivity contribution < 1.29 is 0 Å². The summed E-state index contributed by atoms with van der Waals surface area (Å²) in [5, 5.41) is 7.45. The van der Waals surface area contributed by atoms with Crippen LogP contribution in [0.2, 0.25) is 0 Å². The lowest BCUT2D eigenvalue weighted by molar-refractivity contribution is 0.622. The van der Waals surface area contributed by atoms with Gasteiger partial charge in [0.25, 0.3) is 0 Å². The molecular weight excluding hydrogens is 202 g/mol. The molecule has 0 aliphatic carbocycles. The quantitative estimate of drug-likeness (QED) is 0.812. The van der Waals surface area contributed by atoms with Crippen molar-refractivity contribution in [2.75, 3.05) is 10.2 Å². The van der Waals surface area contributed by atoms with Crippen LogP contribution < -0.4 is 15.8 Å². The Morgan fingerprint density at radius 2 is 1.75 bits per heavy atom. The molecule has 1 aliphatic heterocycles. The molecule has 79 valence electrons. The molecule has 0 amide bonds. The lowest BCUT2D eigenvalue weighted by Crippen LogP contribution is -2.49. The summed E-state index contributed by atoms with van der Waals surface area (Å²) >= 11 is 0. The number of rotatable bonds is 2. The van der Waals surface area contributed by atoms with Crippen LogP contribution in [0.1, 0.15) is 0 Å². The molecule has 0 saturated heterocycles. The van der Waals surface area contributed by atoms with Gasteiger partial charge >= 0.3 is 0 Å². The van der Waals surface area contributed by atoms with Crippen molar-refractivity contribution in [2.24, 2.45) is 5.10 Å². The molecule has 1 aromatic carbocycles. The number of hydrazine groups is 2. The minimum Gasteiger partial charge on any atom is -0.246 e. The third kappa shape index (κ3) is 1.38. The highest BCUT2D eigenvalue weighted by molar-refractivity contribution is 5.74. The molecule has 0 unspecified atom stereocenters. The number of anilines is 1. The maximum atomic E-state index is 3.91. The van der Waals surface area contributed by atoms with E-state index >= 15 is 0 Å². The molecular formula is C11H10N5. The number of benzene rings is 1. The van der Waals surface area contributed by atoms with Gasteiger partial charge in [0.05, 0.1) is 5.69 Å². The van der Waals surface area contributed by atoms with Crippen molar-refractivity contribution in [3.05, 3.63) is 54.9 Å². The lowest BCUT2D eigenvalue weighted by Gasteiger charge is -2.27. The summed E-state index contributed by atoms with van der Waals surface area (Å²) in [7, 11) is 0. The molecule has 0 saturated carbocycles. The van der Waals surface area contributed by atoms with Crippen molar-refractivity contribution >= 4 is 12.0 Å². The molecule has 1 aliphatic rings. The van der Waals surface area contributed by atoms with Gasteiger partial charge in [-0.3, -0.25) is 0 Å². The summed E-state index contributed by atoms with van der Waals surface area (Å²) < 4.78 is 1.87. The Morgan fingerprint density at radius 3 is 2.50 bits per heavy atom. The minimum absolute atomic E-state index is 0.991. The van der Waals surface area contributed by atoms with Crippen LogP contribution in [0.3, 0.4) is 0 Å². The molecule has 2 aromatic rings. The molecule has 0 atom stereocenters. The fraction of sp³-hybridized carbons (Fsp3) is 0. The molecule has 5 nitrogen and oxygen atoms in total. The molecule has 3 rings (SSSR count). The molecule has 0 bridgehead atoms. The molecule has 5 heteroatoms. The number of nitrogens with one attached hydrogen (secondary N) is 1. The van der Waals surface area contributed by atoms with Crippen LogP contribution in [0, 0.1) is 0 Å². The van der Waals surface area contributed by atoms with Gasteiger partial charge in [-0.1, -0.05) is 18.2 Å². The minimum atomic E-state index is 0.991. The Bertz CT molecular complexity index is 476. The summed E-state index contributed by atoms with van der Waals surface area (Å²) in [5.41, 5.74) is 3.85. The summed E-state index contributed by atoms with van der Waals surface area (Å²) in [6, 6.07) is 13.8. The number of hydrogen-bond donors (Lipinski definition) is 1. The SMILES string of the molecule is [C]1=NNN(c2ccccc2)N1n1cccc1. The number of aromatic nitrogens is 1. The van der Waals surface area contributed by atoms with E-state index in [9.17, 15) is 0 Å². The first-order valence-electron chi connectivity index (χ1n) is 4.95. The first-order valence-corrected chi connectivity index (χ1v) is 4.95. The highest BCUT2D eigenvalue weighted by atomic mass is 16.0. The van der Waals surface area contributed by atoms with Gasteiger partial charge in [0.1, 0.15) is 0 Å². The first kappa shape index (κ1) is 8.84. The zero-order chi connectivity index (χ0) is 10.8. The van der Waals surface area contributed by atoms with Crippen LogP contribution in [0.15, 0.2) is 60.0 Å². The van der Waals surface area contributed by atoms with Crippen molar-refractivity contribution in [3.63, 3.8) is 0 Å². The van der Waals surface area contributed by atoms with Crippen molar-refractivity contribution in [2.45, 2.75) is 0 Å². The number of hydrazone groups is 1. The van der Waals surface area contributed by atoms with E-state index in [0.717, 1.165) is 5.69 Å². The monoisotopic (exact) mass is 212 g/mol. The standard InChI is InChI=1S/C11H10N5/c1-2-6-11(7-3-1)16-13-12-10-15(16)14-8-4-5-9-14/h1-9,13H. The second-order valence-corrected chi connectivity index (χ2v) is 3.31. The van der Waals surface area contributed by atoms with E-state index in [4.69, 9.17) is 0 Å². The van der Waals surface area contributed by atoms with Crippen LogP contribution >= 0.6 is 0 Å². The van der Waals surface area contributed by atoms with E-state index in [0.29, 0.717) is 0 Å². The Labute approximate surface area is 93.1 Å². The van der Waals surface area contributed by atoms with E-state index in [1.54, 1.807) is 10.2 Å². The van der Waals surface area contributed by atoms with E-state index in [2.05, 4.69) is 17.0 Å². The zero-order valence-electron chi connectivity index (χ0n) is 8.49. The molecule has 1 aromatic heterocycles. The van der Waals surface area contributed by atoms with Crippen molar-refractivity contribution in [1.29, 1.82) is 0 Å². The van der Waals surface area contributed by atoms with Gasteiger partial charge in [-0.05, 0) is 24.3 Å². The largest absolute Gasteiger partial charge is 0.246 e. The maximum absolute atomic E-state index is 3.91. The normalized spacial score (nSPS) is 14.2. The van der Waals surface area contributed by atoms with Gasteiger partial charge in [-0.2, -0.15) is 10.7 Å². The molecule has 1 radical (unpaired) electrons. The fourth-order valence-corrected chi connectivity index (χ4v) is 1.54.